The molecule has 1 fully saturated rings. The van der Waals surface area contributed by atoms with E-state index < -0.39 is 0 Å². The average Bonchev–Trinajstić information content (AvgIpc) is 2.74. The van der Waals surface area contributed by atoms with Gasteiger partial charge in [-0.15, -0.1) is 0 Å². The quantitative estimate of drug-likeness (QED) is 0.316. The molecule has 0 saturated carbocycles. The standard InChI is InChI=1S/C26H36FN3/c1-6-19(2)17-21(4)25-12-7-20(3)18-26(25)28-22(5)29-13-15-30(16-14-29)24-10-8-23(27)9-11-24/h8-12,18,20-21H,2,6-7,13-17H2,1,3-5H3. The summed E-state index contributed by atoms with van der Waals surface area (Å²) in [4.78, 5) is 9.78. The predicted octanol–water partition coefficient (Wildman–Crippen LogP) is 6.21. The third-order valence-electron chi connectivity index (χ3n) is 6.28. The Hall–Kier alpha value is -2.36. The molecule has 162 valence electrons. The van der Waals surface area contributed by atoms with Crippen LogP contribution in [0.3, 0.4) is 0 Å². The van der Waals surface area contributed by atoms with E-state index >= 15 is 0 Å². The molecule has 3 nitrogen and oxygen atoms in total. The molecule has 1 aliphatic heterocycles. The van der Waals surface area contributed by atoms with Crippen LogP contribution in [0, 0.1) is 17.7 Å². The van der Waals surface area contributed by atoms with Crippen LogP contribution in [0.2, 0.25) is 0 Å². The van der Waals surface area contributed by atoms with Gasteiger partial charge in [-0.3, -0.25) is 0 Å². The molecular weight excluding hydrogens is 373 g/mol. The molecule has 3 rings (SSSR count). The highest BCUT2D eigenvalue weighted by Gasteiger charge is 2.22. The van der Waals surface area contributed by atoms with Gasteiger partial charge in [0, 0.05) is 31.9 Å². The maximum atomic E-state index is 13.2. The molecule has 1 aliphatic carbocycles. The zero-order valence-corrected chi connectivity index (χ0v) is 19.0. The predicted molar refractivity (Wildman–Crippen MR) is 126 cm³/mol. The van der Waals surface area contributed by atoms with E-state index in [9.17, 15) is 4.39 Å². The number of hydrogen-bond acceptors (Lipinski definition) is 2. The lowest BCUT2D eigenvalue weighted by atomic mass is 9.85. The molecule has 2 atom stereocenters. The van der Waals surface area contributed by atoms with Gasteiger partial charge in [-0.25, -0.2) is 9.38 Å². The van der Waals surface area contributed by atoms with E-state index in [1.54, 1.807) is 0 Å². The summed E-state index contributed by atoms with van der Waals surface area (Å²) < 4.78 is 13.2. The summed E-state index contributed by atoms with van der Waals surface area (Å²) in [6, 6.07) is 6.80. The molecule has 1 heterocycles. The molecule has 0 spiro atoms. The fourth-order valence-corrected chi connectivity index (χ4v) is 4.28. The number of hydrogen-bond donors (Lipinski definition) is 0. The first-order valence-corrected chi connectivity index (χ1v) is 11.3. The maximum Gasteiger partial charge on any atom is 0.123 e. The molecule has 0 aromatic heterocycles. The van der Waals surface area contributed by atoms with Gasteiger partial charge in [0.15, 0.2) is 0 Å². The fourth-order valence-electron chi connectivity index (χ4n) is 4.28. The molecule has 0 amide bonds. The van der Waals surface area contributed by atoms with Crippen molar-refractivity contribution in [2.24, 2.45) is 16.8 Å². The first kappa shape index (κ1) is 22.3. The Kier molecular flexibility index (Phi) is 7.52. The van der Waals surface area contributed by atoms with Gasteiger partial charge in [0.25, 0.3) is 0 Å². The number of anilines is 1. The highest BCUT2D eigenvalue weighted by molar-refractivity contribution is 5.81. The highest BCUT2D eigenvalue weighted by Crippen LogP contribution is 2.33. The summed E-state index contributed by atoms with van der Waals surface area (Å²) in [7, 11) is 0. The van der Waals surface area contributed by atoms with Crippen molar-refractivity contribution in [2.75, 3.05) is 31.1 Å². The topological polar surface area (TPSA) is 18.8 Å². The first-order chi connectivity index (χ1) is 14.4. The van der Waals surface area contributed by atoms with Crippen LogP contribution in [0.15, 0.2) is 64.8 Å². The Labute approximate surface area is 181 Å². The van der Waals surface area contributed by atoms with Gasteiger partial charge in [-0.2, -0.15) is 0 Å². The molecule has 2 unspecified atom stereocenters. The third-order valence-corrected chi connectivity index (χ3v) is 6.28. The third kappa shape index (κ3) is 5.62. The molecule has 30 heavy (non-hydrogen) atoms. The number of rotatable bonds is 6. The SMILES string of the molecule is C=C(CC)CC(C)C1=CCC(C)C=C1N=C(C)N1CCN(c2ccc(F)cc2)CC1. The van der Waals surface area contributed by atoms with Crippen molar-refractivity contribution in [3.8, 4) is 0 Å². The second-order valence-electron chi connectivity index (χ2n) is 8.74. The van der Waals surface area contributed by atoms with Crippen LogP contribution in [0.5, 0.6) is 0 Å². The summed E-state index contributed by atoms with van der Waals surface area (Å²) in [6.45, 7) is 16.8. The van der Waals surface area contributed by atoms with Crippen LogP contribution in [0.25, 0.3) is 0 Å². The minimum Gasteiger partial charge on any atom is -0.368 e. The highest BCUT2D eigenvalue weighted by atomic mass is 19.1. The van der Waals surface area contributed by atoms with Crippen molar-refractivity contribution in [1.82, 2.24) is 4.90 Å². The molecule has 1 saturated heterocycles. The Morgan fingerprint density at radius 3 is 2.50 bits per heavy atom. The molecule has 1 aromatic rings. The number of benzene rings is 1. The number of piperazine rings is 1. The summed E-state index contributed by atoms with van der Waals surface area (Å²) in [5.74, 6) is 1.87. The molecule has 1 aromatic carbocycles. The zero-order valence-electron chi connectivity index (χ0n) is 19.0. The van der Waals surface area contributed by atoms with E-state index in [4.69, 9.17) is 4.99 Å². The minimum atomic E-state index is -0.184. The van der Waals surface area contributed by atoms with E-state index in [-0.39, 0.29) is 5.82 Å². The monoisotopic (exact) mass is 409 g/mol. The lowest BCUT2D eigenvalue weighted by Crippen LogP contribution is -2.48. The summed E-state index contributed by atoms with van der Waals surface area (Å²) in [5.41, 5.74) is 4.90. The Bertz CT molecular complexity index is 826. The Morgan fingerprint density at radius 2 is 1.87 bits per heavy atom. The Balaban J connectivity index is 1.66. The molecule has 4 heteroatoms. The van der Waals surface area contributed by atoms with E-state index in [0.717, 1.165) is 62.7 Å². The minimum absolute atomic E-state index is 0.184. The van der Waals surface area contributed by atoms with Crippen LogP contribution >= 0.6 is 0 Å². The molecule has 0 radical (unpaired) electrons. The number of aliphatic imine (C=N–C) groups is 1. The first-order valence-electron chi connectivity index (χ1n) is 11.3. The summed E-state index contributed by atoms with van der Waals surface area (Å²) >= 11 is 0. The molecule has 2 aliphatic rings. The number of allylic oxidation sites excluding steroid dienone is 4. The molecular formula is C26H36FN3. The van der Waals surface area contributed by atoms with E-state index in [2.05, 4.69) is 56.2 Å². The van der Waals surface area contributed by atoms with Crippen LogP contribution in [-0.2, 0) is 0 Å². The fraction of sp³-hybridized carbons (Fsp3) is 0.500. The normalized spacial score (nSPS) is 21.2. The van der Waals surface area contributed by atoms with Gasteiger partial charge in [-0.1, -0.05) is 45.1 Å². The smallest absolute Gasteiger partial charge is 0.123 e. The largest absolute Gasteiger partial charge is 0.368 e. The van der Waals surface area contributed by atoms with Gasteiger partial charge >= 0.3 is 0 Å². The second-order valence-corrected chi connectivity index (χ2v) is 8.74. The number of nitrogens with zero attached hydrogens (tertiary/aromatic N) is 3. The van der Waals surface area contributed by atoms with E-state index in [1.807, 2.05) is 12.1 Å². The van der Waals surface area contributed by atoms with Crippen LogP contribution < -0.4 is 4.90 Å². The van der Waals surface area contributed by atoms with Crippen molar-refractivity contribution in [1.29, 1.82) is 0 Å². The van der Waals surface area contributed by atoms with Crippen molar-refractivity contribution in [3.05, 3.63) is 65.7 Å². The van der Waals surface area contributed by atoms with Gasteiger partial charge < -0.3 is 9.80 Å². The lowest BCUT2D eigenvalue weighted by molar-refractivity contribution is 0.383. The average molecular weight is 410 g/mol. The number of amidine groups is 1. The van der Waals surface area contributed by atoms with E-state index in [1.165, 1.54) is 23.3 Å². The molecule has 0 N–H and O–H groups in total. The Morgan fingerprint density at radius 1 is 1.20 bits per heavy atom. The van der Waals surface area contributed by atoms with E-state index in [0.29, 0.717) is 11.8 Å². The van der Waals surface area contributed by atoms with Gasteiger partial charge in [0.1, 0.15) is 11.7 Å². The molecule has 0 bridgehead atoms. The lowest BCUT2D eigenvalue weighted by Gasteiger charge is -2.37. The van der Waals surface area contributed by atoms with Crippen molar-refractivity contribution in [3.63, 3.8) is 0 Å². The number of halogens is 1. The van der Waals surface area contributed by atoms with Crippen LogP contribution in [0.1, 0.15) is 47.0 Å². The summed E-state index contributed by atoms with van der Waals surface area (Å²) in [5, 5.41) is 0. The van der Waals surface area contributed by atoms with Gasteiger partial charge in [0.2, 0.25) is 0 Å². The van der Waals surface area contributed by atoms with Crippen molar-refractivity contribution >= 4 is 11.5 Å². The van der Waals surface area contributed by atoms with Gasteiger partial charge in [-0.05, 0) is 67.9 Å². The van der Waals surface area contributed by atoms with Crippen molar-refractivity contribution < 1.29 is 4.39 Å². The maximum absolute atomic E-state index is 13.2. The van der Waals surface area contributed by atoms with Crippen molar-refractivity contribution in [2.45, 2.75) is 47.0 Å². The zero-order chi connectivity index (χ0) is 21.7. The van der Waals surface area contributed by atoms with Crippen LogP contribution in [0.4, 0.5) is 10.1 Å². The van der Waals surface area contributed by atoms with Crippen LogP contribution in [-0.4, -0.2) is 36.9 Å². The summed E-state index contributed by atoms with van der Waals surface area (Å²) in [6.07, 6.45) is 7.87. The van der Waals surface area contributed by atoms with Gasteiger partial charge in [0.05, 0.1) is 5.70 Å². The second kappa shape index (κ2) is 10.1.